The Morgan fingerprint density at radius 1 is 1.19 bits per heavy atom. The van der Waals surface area contributed by atoms with Crippen molar-refractivity contribution >= 4 is 40.8 Å². The van der Waals surface area contributed by atoms with Gasteiger partial charge < -0.3 is 10.2 Å². The van der Waals surface area contributed by atoms with Crippen molar-refractivity contribution < 1.29 is 9.18 Å². The third-order valence-electron chi connectivity index (χ3n) is 5.16. The molecule has 160 valence electrons. The van der Waals surface area contributed by atoms with Crippen LogP contribution in [-0.4, -0.2) is 29.0 Å². The first-order valence-corrected chi connectivity index (χ1v) is 11.3. The van der Waals surface area contributed by atoms with Crippen LogP contribution in [0.15, 0.2) is 64.8 Å². The number of amides is 1. The van der Waals surface area contributed by atoms with E-state index in [9.17, 15) is 9.18 Å². The van der Waals surface area contributed by atoms with Gasteiger partial charge >= 0.3 is 0 Å². The number of carbonyl (C=O) groups excluding carboxylic acids is 1. The van der Waals surface area contributed by atoms with Crippen molar-refractivity contribution in [1.82, 2.24) is 9.97 Å². The van der Waals surface area contributed by atoms with Crippen molar-refractivity contribution in [3.05, 3.63) is 71.3 Å². The molecule has 1 aromatic heterocycles. The molecule has 1 saturated heterocycles. The van der Waals surface area contributed by atoms with Gasteiger partial charge in [-0.2, -0.15) is 0 Å². The fourth-order valence-electron chi connectivity index (χ4n) is 3.53. The van der Waals surface area contributed by atoms with Crippen LogP contribution in [0.25, 0.3) is 0 Å². The van der Waals surface area contributed by atoms with Crippen molar-refractivity contribution in [2.24, 2.45) is 5.92 Å². The highest BCUT2D eigenvalue weighted by molar-refractivity contribution is 7.99. The van der Waals surface area contributed by atoms with Gasteiger partial charge in [0, 0.05) is 36.1 Å². The number of carbonyl (C=O) groups is 1. The Balaban J connectivity index is 1.47. The maximum absolute atomic E-state index is 13.4. The second-order valence-corrected chi connectivity index (χ2v) is 8.97. The molecule has 1 aliphatic rings. The average Bonchev–Trinajstić information content (AvgIpc) is 2.78. The van der Waals surface area contributed by atoms with Gasteiger partial charge in [0.25, 0.3) is 0 Å². The van der Waals surface area contributed by atoms with Gasteiger partial charge in [0.15, 0.2) is 5.82 Å². The van der Waals surface area contributed by atoms with Gasteiger partial charge in [-0.1, -0.05) is 41.1 Å². The van der Waals surface area contributed by atoms with E-state index in [4.69, 9.17) is 11.6 Å². The molecule has 2 heterocycles. The molecule has 0 radical (unpaired) electrons. The summed E-state index contributed by atoms with van der Waals surface area (Å²) >= 11 is 7.39. The lowest BCUT2D eigenvalue weighted by Gasteiger charge is -2.33. The number of nitrogens with zero attached hydrogens (tertiary/aromatic N) is 3. The minimum atomic E-state index is -0.509. The third-order valence-corrected chi connectivity index (χ3v) is 6.44. The molecule has 1 N–H and O–H groups in total. The topological polar surface area (TPSA) is 58.1 Å². The summed E-state index contributed by atoms with van der Waals surface area (Å²) < 4.78 is 13.4. The summed E-state index contributed by atoms with van der Waals surface area (Å²) in [6.07, 6.45) is 5.01. The second-order valence-electron chi connectivity index (χ2n) is 7.50. The molecule has 1 atom stereocenters. The van der Waals surface area contributed by atoms with E-state index in [0.29, 0.717) is 12.2 Å². The third kappa shape index (κ3) is 5.35. The minimum absolute atomic E-state index is 0.0135. The molecular weight excluding hydrogens is 435 g/mol. The summed E-state index contributed by atoms with van der Waals surface area (Å²) in [5.41, 5.74) is 1.69. The van der Waals surface area contributed by atoms with Crippen molar-refractivity contribution in [2.75, 3.05) is 23.3 Å². The maximum Gasteiger partial charge on any atom is 0.229 e. The van der Waals surface area contributed by atoms with E-state index in [1.807, 2.05) is 0 Å². The molecule has 3 aromatic rings. The molecule has 0 unspecified atom stereocenters. The SMILES string of the molecule is Cc1ccc(Sc2nccnc2N2CCC[C@@H](C(=O)Nc3ccc(F)c(Cl)c3)C2)cc1. The number of hydrogen-bond acceptors (Lipinski definition) is 5. The first-order chi connectivity index (χ1) is 15.0. The number of piperidine rings is 1. The highest BCUT2D eigenvalue weighted by Crippen LogP contribution is 2.34. The molecule has 4 rings (SSSR count). The van der Waals surface area contributed by atoms with E-state index in [0.717, 1.165) is 35.1 Å². The van der Waals surface area contributed by atoms with Crippen LogP contribution in [0.1, 0.15) is 18.4 Å². The number of aromatic nitrogens is 2. The molecule has 5 nitrogen and oxygen atoms in total. The fourth-order valence-corrected chi connectivity index (χ4v) is 4.59. The quantitative estimate of drug-likeness (QED) is 0.542. The maximum atomic E-state index is 13.4. The molecule has 0 bridgehead atoms. The van der Waals surface area contributed by atoms with E-state index in [1.165, 1.54) is 23.8 Å². The average molecular weight is 457 g/mol. The molecule has 8 heteroatoms. The number of anilines is 2. The fraction of sp³-hybridized carbons (Fsp3) is 0.261. The monoisotopic (exact) mass is 456 g/mol. The van der Waals surface area contributed by atoms with Crippen LogP contribution in [0.4, 0.5) is 15.9 Å². The van der Waals surface area contributed by atoms with Crippen LogP contribution in [0.3, 0.4) is 0 Å². The Morgan fingerprint density at radius 2 is 1.97 bits per heavy atom. The van der Waals surface area contributed by atoms with E-state index in [-0.39, 0.29) is 16.8 Å². The molecule has 0 saturated carbocycles. The Bertz CT molecular complexity index is 1080. The van der Waals surface area contributed by atoms with Gasteiger partial charge in [-0.3, -0.25) is 4.79 Å². The molecule has 0 spiro atoms. The van der Waals surface area contributed by atoms with Crippen LogP contribution in [0.2, 0.25) is 5.02 Å². The van der Waals surface area contributed by atoms with Crippen molar-refractivity contribution in [3.63, 3.8) is 0 Å². The van der Waals surface area contributed by atoms with Crippen molar-refractivity contribution in [2.45, 2.75) is 29.7 Å². The number of benzene rings is 2. The van der Waals surface area contributed by atoms with Crippen LogP contribution in [0.5, 0.6) is 0 Å². The van der Waals surface area contributed by atoms with Crippen LogP contribution < -0.4 is 10.2 Å². The number of aryl methyl sites for hydroxylation is 1. The predicted molar refractivity (Wildman–Crippen MR) is 122 cm³/mol. The van der Waals surface area contributed by atoms with E-state index in [1.54, 1.807) is 24.2 Å². The first kappa shape index (κ1) is 21.6. The normalized spacial score (nSPS) is 16.2. The Kier molecular flexibility index (Phi) is 6.73. The molecule has 1 fully saturated rings. The van der Waals surface area contributed by atoms with E-state index >= 15 is 0 Å². The van der Waals surface area contributed by atoms with Gasteiger partial charge in [-0.05, 0) is 50.1 Å². The Morgan fingerprint density at radius 3 is 2.74 bits per heavy atom. The summed E-state index contributed by atoms with van der Waals surface area (Å²) in [5.74, 6) is -0.0408. The van der Waals surface area contributed by atoms with Gasteiger partial charge in [0.05, 0.1) is 10.9 Å². The standard InChI is InChI=1S/C23H22ClFN4OS/c1-15-4-7-18(8-5-15)31-23-21(26-10-11-27-23)29-12-2-3-16(14-29)22(30)28-17-6-9-20(25)19(24)13-17/h4-11,13,16H,2-3,12,14H2,1H3,(H,28,30)/t16-/m1/s1. The van der Waals surface area contributed by atoms with Gasteiger partial charge in [-0.25, -0.2) is 14.4 Å². The van der Waals surface area contributed by atoms with Gasteiger partial charge in [0.2, 0.25) is 5.91 Å². The zero-order chi connectivity index (χ0) is 21.8. The molecule has 0 aliphatic carbocycles. The summed E-state index contributed by atoms with van der Waals surface area (Å²) in [6.45, 7) is 3.41. The van der Waals surface area contributed by atoms with Gasteiger partial charge in [-0.15, -0.1) is 0 Å². The molecule has 2 aromatic carbocycles. The number of nitrogens with one attached hydrogen (secondary N) is 1. The number of hydrogen-bond donors (Lipinski definition) is 1. The largest absolute Gasteiger partial charge is 0.354 e. The summed E-state index contributed by atoms with van der Waals surface area (Å²) in [7, 11) is 0. The minimum Gasteiger partial charge on any atom is -0.354 e. The highest BCUT2D eigenvalue weighted by Gasteiger charge is 2.28. The molecular formula is C23H22ClFN4OS. The Hall–Kier alpha value is -2.64. The van der Waals surface area contributed by atoms with Crippen LogP contribution in [-0.2, 0) is 4.79 Å². The first-order valence-electron chi connectivity index (χ1n) is 10.1. The summed E-state index contributed by atoms with van der Waals surface area (Å²) in [6, 6.07) is 12.5. The summed E-state index contributed by atoms with van der Waals surface area (Å²) in [5, 5.41) is 3.66. The lowest BCUT2D eigenvalue weighted by molar-refractivity contribution is -0.120. The van der Waals surface area contributed by atoms with E-state index < -0.39 is 5.82 Å². The van der Waals surface area contributed by atoms with Crippen LogP contribution >= 0.6 is 23.4 Å². The zero-order valence-corrected chi connectivity index (χ0v) is 18.6. The highest BCUT2D eigenvalue weighted by atomic mass is 35.5. The number of halogens is 2. The summed E-state index contributed by atoms with van der Waals surface area (Å²) in [4.78, 5) is 25.1. The lowest BCUT2D eigenvalue weighted by atomic mass is 9.97. The Labute approximate surface area is 190 Å². The molecule has 1 amide bonds. The zero-order valence-electron chi connectivity index (χ0n) is 17.0. The van der Waals surface area contributed by atoms with Crippen molar-refractivity contribution in [3.8, 4) is 0 Å². The van der Waals surface area contributed by atoms with Gasteiger partial charge in [0.1, 0.15) is 10.8 Å². The predicted octanol–water partition coefficient (Wildman–Crippen LogP) is 5.58. The molecule has 1 aliphatic heterocycles. The lowest BCUT2D eigenvalue weighted by Crippen LogP contribution is -2.41. The second kappa shape index (κ2) is 9.66. The molecule has 31 heavy (non-hydrogen) atoms. The number of rotatable bonds is 5. The van der Waals surface area contributed by atoms with E-state index in [2.05, 4.69) is 51.4 Å². The smallest absolute Gasteiger partial charge is 0.229 e. The van der Waals surface area contributed by atoms with Crippen LogP contribution in [0, 0.1) is 18.7 Å². The van der Waals surface area contributed by atoms with Crippen molar-refractivity contribution in [1.29, 1.82) is 0 Å².